The maximum atomic E-state index is 10.9. The summed E-state index contributed by atoms with van der Waals surface area (Å²) in [7, 11) is 0. The van der Waals surface area contributed by atoms with Crippen molar-refractivity contribution in [3.8, 4) is 0 Å². The van der Waals surface area contributed by atoms with Crippen LogP contribution in [0.1, 0.15) is 0 Å². The van der Waals surface area contributed by atoms with Gasteiger partial charge in [-0.25, -0.2) is 0 Å². The number of hydrogen-bond donors (Lipinski definition) is 1. The Morgan fingerprint density at radius 2 is 2.15 bits per heavy atom. The average molecular weight is 199 g/mol. The molecule has 0 aliphatic heterocycles. The van der Waals surface area contributed by atoms with Gasteiger partial charge in [-0.2, -0.15) is 0 Å². The van der Waals surface area contributed by atoms with Crippen LogP contribution in [-0.4, -0.2) is 11.8 Å². The zero-order valence-corrected chi connectivity index (χ0v) is 7.41. The summed E-state index contributed by atoms with van der Waals surface area (Å²) >= 11 is 5.28. The average Bonchev–Trinajstić information content (AvgIpc) is 2.18. The van der Waals surface area contributed by atoms with Crippen molar-refractivity contribution in [1.82, 2.24) is 0 Å². The molecule has 0 saturated heterocycles. The lowest BCUT2D eigenvalue weighted by molar-refractivity contribution is -0.113. The highest BCUT2D eigenvalue weighted by Gasteiger charge is 2.04. The van der Waals surface area contributed by atoms with Crippen LogP contribution in [0, 0.1) is 4.91 Å². The third kappa shape index (κ3) is 2.52. The Labute approximate surface area is 79.9 Å². The Kier molecular flexibility index (Phi) is 3.40. The molecule has 0 unspecified atom stereocenters. The molecule has 0 bridgehead atoms. The summed E-state index contributed by atoms with van der Waals surface area (Å²) < 4.78 is 0. The number of halogens is 1. The zero-order chi connectivity index (χ0) is 9.68. The minimum Gasteiger partial charge on any atom is -0.323 e. The molecule has 1 aromatic rings. The minimum atomic E-state index is -0.363. The Morgan fingerprint density at radius 3 is 2.77 bits per heavy atom. The molecule has 4 nitrogen and oxygen atoms in total. The Bertz CT molecular complexity index is 328. The number of nitrogens with one attached hydrogen (secondary N) is 1. The van der Waals surface area contributed by atoms with E-state index in [0.717, 1.165) is 0 Å². The van der Waals surface area contributed by atoms with Gasteiger partial charge >= 0.3 is 0 Å². The van der Waals surface area contributed by atoms with E-state index in [2.05, 4.69) is 10.5 Å². The second-order valence-corrected chi connectivity index (χ2v) is 2.56. The summed E-state index contributed by atoms with van der Waals surface area (Å²) in [4.78, 5) is 21.1. The number of nitrogens with zero attached hydrogens (tertiary/aromatic N) is 1. The van der Waals surface area contributed by atoms with E-state index in [9.17, 15) is 9.70 Å². The van der Waals surface area contributed by atoms with Crippen molar-refractivity contribution in [2.75, 3.05) is 11.2 Å². The predicted molar refractivity (Wildman–Crippen MR) is 51.2 cm³/mol. The molecule has 0 saturated carbocycles. The van der Waals surface area contributed by atoms with Crippen LogP contribution in [0.3, 0.4) is 0 Å². The first-order chi connectivity index (χ1) is 6.27. The van der Waals surface area contributed by atoms with Crippen molar-refractivity contribution in [3.05, 3.63) is 29.2 Å². The topological polar surface area (TPSA) is 58.5 Å². The Morgan fingerprint density at radius 1 is 1.46 bits per heavy atom. The molecule has 1 amide bonds. The number of anilines is 1. The van der Waals surface area contributed by atoms with Gasteiger partial charge in [0.2, 0.25) is 5.91 Å². The van der Waals surface area contributed by atoms with E-state index in [1.165, 1.54) is 6.07 Å². The van der Waals surface area contributed by atoms with Gasteiger partial charge in [0, 0.05) is 0 Å². The smallest absolute Gasteiger partial charge is 0.239 e. The standard InChI is InChI=1S/C8H7ClN2O2/c9-5-8(12)10-6-3-1-2-4-7(6)11-13/h1-4H,5H2,(H,10,12). The van der Waals surface area contributed by atoms with E-state index >= 15 is 0 Å². The van der Waals surface area contributed by atoms with Crippen LogP contribution >= 0.6 is 11.6 Å². The normalized spacial score (nSPS) is 9.31. The molecular weight excluding hydrogens is 192 g/mol. The van der Waals surface area contributed by atoms with Crippen LogP contribution in [0.25, 0.3) is 0 Å². The number of rotatable bonds is 3. The van der Waals surface area contributed by atoms with E-state index in [1.807, 2.05) is 0 Å². The van der Waals surface area contributed by atoms with Crippen LogP contribution < -0.4 is 5.32 Å². The van der Waals surface area contributed by atoms with Gasteiger partial charge in [0.25, 0.3) is 0 Å². The number of carbonyl (C=O) groups is 1. The maximum Gasteiger partial charge on any atom is 0.239 e. The highest BCUT2D eigenvalue weighted by Crippen LogP contribution is 2.23. The second kappa shape index (κ2) is 4.57. The van der Waals surface area contributed by atoms with E-state index in [0.29, 0.717) is 5.69 Å². The minimum absolute atomic E-state index is 0.146. The van der Waals surface area contributed by atoms with Crippen molar-refractivity contribution in [1.29, 1.82) is 0 Å². The summed E-state index contributed by atoms with van der Waals surface area (Å²) in [6, 6.07) is 6.45. The molecule has 5 heteroatoms. The Balaban J connectivity index is 2.87. The zero-order valence-electron chi connectivity index (χ0n) is 6.66. The third-order valence-corrected chi connectivity index (χ3v) is 1.64. The predicted octanol–water partition coefficient (Wildman–Crippen LogP) is 2.26. The molecular formula is C8H7ClN2O2. The van der Waals surface area contributed by atoms with Crippen LogP contribution in [0.5, 0.6) is 0 Å². The molecule has 0 atom stereocenters. The van der Waals surface area contributed by atoms with Crippen molar-refractivity contribution in [2.24, 2.45) is 5.18 Å². The lowest BCUT2D eigenvalue weighted by Gasteiger charge is -2.03. The van der Waals surface area contributed by atoms with Crippen LogP contribution in [0.4, 0.5) is 11.4 Å². The summed E-state index contributed by atoms with van der Waals surface area (Å²) in [5, 5.41) is 5.20. The van der Waals surface area contributed by atoms with E-state index in [1.54, 1.807) is 18.2 Å². The molecule has 68 valence electrons. The third-order valence-electron chi connectivity index (χ3n) is 1.40. The monoisotopic (exact) mass is 198 g/mol. The van der Waals surface area contributed by atoms with E-state index < -0.39 is 0 Å². The van der Waals surface area contributed by atoms with Crippen molar-refractivity contribution in [2.45, 2.75) is 0 Å². The van der Waals surface area contributed by atoms with Crippen molar-refractivity contribution >= 4 is 28.9 Å². The molecule has 1 aromatic carbocycles. The molecule has 0 fully saturated rings. The number of carbonyl (C=O) groups excluding carboxylic acids is 1. The summed E-state index contributed by atoms with van der Waals surface area (Å²) in [6.45, 7) is 0. The fourth-order valence-electron chi connectivity index (χ4n) is 0.843. The second-order valence-electron chi connectivity index (χ2n) is 2.29. The quantitative estimate of drug-likeness (QED) is 0.598. The first kappa shape index (κ1) is 9.67. The number of nitroso groups, excluding NO2 is 1. The van der Waals surface area contributed by atoms with Gasteiger partial charge in [-0.3, -0.25) is 4.79 Å². The van der Waals surface area contributed by atoms with Gasteiger partial charge in [0.1, 0.15) is 11.6 Å². The highest BCUT2D eigenvalue weighted by molar-refractivity contribution is 6.29. The largest absolute Gasteiger partial charge is 0.323 e. The maximum absolute atomic E-state index is 10.9. The molecule has 0 aliphatic rings. The fourth-order valence-corrected chi connectivity index (χ4v) is 0.909. The molecule has 0 aliphatic carbocycles. The molecule has 0 aromatic heterocycles. The highest BCUT2D eigenvalue weighted by atomic mass is 35.5. The molecule has 1 rings (SSSR count). The van der Waals surface area contributed by atoms with Gasteiger partial charge in [0.15, 0.2) is 0 Å². The number of hydrogen-bond acceptors (Lipinski definition) is 3. The van der Waals surface area contributed by atoms with Gasteiger partial charge in [0.05, 0.1) is 5.69 Å². The van der Waals surface area contributed by atoms with Gasteiger partial charge in [-0.1, -0.05) is 12.1 Å². The van der Waals surface area contributed by atoms with Gasteiger partial charge < -0.3 is 5.32 Å². The van der Waals surface area contributed by atoms with Crippen LogP contribution in [0.15, 0.2) is 29.4 Å². The SMILES string of the molecule is O=Nc1ccccc1NC(=O)CCl. The molecule has 13 heavy (non-hydrogen) atoms. The van der Waals surface area contributed by atoms with Gasteiger partial charge in [-0.05, 0) is 17.3 Å². The first-order valence-corrected chi connectivity index (χ1v) is 4.09. The Hall–Kier alpha value is -1.42. The molecule has 1 N–H and O–H groups in total. The van der Waals surface area contributed by atoms with E-state index in [4.69, 9.17) is 11.6 Å². The van der Waals surface area contributed by atoms with Crippen molar-refractivity contribution in [3.63, 3.8) is 0 Å². The number of para-hydroxylation sites is 1. The lowest BCUT2D eigenvalue weighted by atomic mass is 10.3. The fraction of sp³-hybridized carbons (Fsp3) is 0.125. The number of benzene rings is 1. The van der Waals surface area contributed by atoms with E-state index in [-0.39, 0.29) is 17.5 Å². The van der Waals surface area contributed by atoms with Crippen LogP contribution in [0.2, 0.25) is 0 Å². The summed E-state index contributed by atoms with van der Waals surface area (Å²) in [5.74, 6) is -0.509. The lowest BCUT2D eigenvalue weighted by Crippen LogP contribution is -2.12. The molecule has 0 radical (unpaired) electrons. The first-order valence-electron chi connectivity index (χ1n) is 3.56. The number of amides is 1. The molecule has 0 spiro atoms. The van der Waals surface area contributed by atoms with Crippen LogP contribution in [-0.2, 0) is 4.79 Å². The summed E-state index contributed by atoms with van der Waals surface area (Å²) in [6.07, 6.45) is 0. The van der Waals surface area contributed by atoms with Gasteiger partial charge in [-0.15, -0.1) is 16.5 Å². The van der Waals surface area contributed by atoms with Crippen molar-refractivity contribution < 1.29 is 4.79 Å². The molecule has 0 heterocycles. The summed E-state index contributed by atoms with van der Waals surface area (Å²) in [5.41, 5.74) is 0.573. The number of alkyl halides is 1.